The smallest absolute Gasteiger partial charge is 0.338 e. The van der Waals surface area contributed by atoms with Crippen LogP contribution in [0.2, 0.25) is 0 Å². The Kier molecular flexibility index (Phi) is 7.89. The molecule has 164 valence electrons. The monoisotopic (exact) mass is 429 g/mol. The van der Waals surface area contributed by atoms with Gasteiger partial charge in [0.25, 0.3) is 0 Å². The number of nitrogens with one attached hydrogen (secondary N) is 1. The number of esters is 1. The summed E-state index contributed by atoms with van der Waals surface area (Å²) in [5.41, 5.74) is 8.76. The lowest BCUT2D eigenvalue weighted by molar-refractivity contribution is -0.139. The van der Waals surface area contributed by atoms with Crippen LogP contribution in [-0.2, 0) is 20.9 Å². The Bertz CT molecular complexity index is 1150. The van der Waals surface area contributed by atoms with Gasteiger partial charge in [-0.1, -0.05) is 48.6 Å². The van der Waals surface area contributed by atoms with E-state index in [1.54, 1.807) is 37.5 Å². The zero-order chi connectivity index (χ0) is 22.9. The number of carbonyl (C=O) groups excluding carboxylic acids is 2. The minimum Gasteiger partial charge on any atom is -0.457 e. The molecule has 0 bridgehead atoms. The summed E-state index contributed by atoms with van der Waals surface area (Å²) in [6, 6.07) is 14.9. The Morgan fingerprint density at radius 3 is 2.56 bits per heavy atom. The molecule has 1 amide bonds. The van der Waals surface area contributed by atoms with E-state index in [2.05, 4.69) is 10.3 Å². The third-order valence-electron chi connectivity index (χ3n) is 5.11. The van der Waals surface area contributed by atoms with Gasteiger partial charge in [0.15, 0.2) is 0 Å². The number of fused-ring (bicyclic) bond motifs is 1. The van der Waals surface area contributed by atoms with Crippen molar-refractivity contribution in [1.82, 2.24) is 4.98 Å². The molecule has 0 saturated carbocycles. The van der Waals surface area contributed by atoms with Crippen LogP contribution in [0.4, 0.5) is 5.69 Å². The fraction of sp³-hybridized carbons (Fsp3) is 0.192. The van der Waals surface area contributed by atoms with Gasteiger partial charge in [0.1, 0.15) is 6.61 Å². The lowest BCUT2D eigenvalue weighted by Crippen LogP contribution is -2.27. The van der Waals surface area contributed by atoms with Gasteiger partial charge in [-0.2, -0.15) is 0 Å². The van der Waals surface area contributed by atoms with Crippen molar-refractivity contribution in [1.29, 1.82) is 0 Å². The number of aromatic nitrogens is 1. The molecule has 6 nitrogen and oxygen atoms in total. The van der Waals surface area contributed by atoms with E-state index >= 15 is 0 Å². The van der Waals surface area contributed by atoms with Crippen LogP contribution in [0.5, 0.6) is 0 Å². The molecule has 0 spiro atoms. The van der Waals surface area contributed by atoms with E-state index in [-0.39, 0.29) is 25.0 Å². The Labute approximate surface area is 187 Å². The fourth-order valence-corrected chi connectivity index (χ4v) is 3.33. The highest BCUT2D eigenvalue weighted by molar-refractivity contribution is 5.98. The first kappa shape index (κ1) is 22.9. The van der Waals surface area contributed by atoms with Crippen molar-refractivity contribution in [2.24, 2.45) is 5.73 Å². The summed E-state index contributed by atoms with van der Waals surface area (Å²) >= 11 is 0. The maximum atomic E-state index is 12.9. The molecule has 3 aromatic rings. The summed E-state index contributed by atoms with van der Waals surface area (Å²) in [6.07, 6.45) is 8.71. The van der Waals surface area contributed by atoms with E-state index in [0.717, 1.165) is 21.9 Å². The maximum Gasteiger partial charge on any atom is 0.338 e. The number of amides is 1. The van der Waals surface area contributed by atoms with Crippen LogP contribution in [-0.4, -0.2) is 23.4 Å². The highest BCUT2D eigenvalue weighted by Gasteiger charge is 2.19. The van der Waals surface area contributed by atoms with Crippen molar-refractivity contribution in [3.05, 3.63) is 95.9 Å². The second-order valence-corrected chi connectivity index (χ2v) is 7.28. The molecule has 0 fully saturated rings. The lowest BCUT2D eigenvalue weighted by Gasteiger charge is -2.16. The van der Waals surface area contributed by atoms with Crippen LogP contribution in [0.3, 0.4) is 0 Å². The number of nitrogens with two attached hydrogens (primary N) is 1. The van der Waals surface area contributed by atoms with Crippen LogP contribution in [0.1, 0.15) is 30.9 Å². The number of rotatable bonds is 8. The summed E-state index contributed by atoms with van der Waals surface area (Å²) in [7, 11) is 0. The summed E-state index contributed by atoms with van der Waals surface area (Å²) < 4.78 is 5.36. The van der Waals surface area contributed by atoms with Gasteiger partial charge < -0.3 is 15.8 Å². The topological polar surface area (TPSA) is 94.3 Å². The van der Waals surface area contributed by atoms with Gasteiger partial charge in [0.2, 0.25) is 5.91 Å². The van der Waals surface area contributed by atoms with E-state index in [4.69, 9.17) is 10.5 Å². The molecule has 0 radical (unpaired) electrons. The third kappa shape index (κ3) is 5.68. The predicted octanol–water partition coefficient (Wildman–Crippen LogP) is 4.48. The lowest BCUT2D eigenvalue weighted by atomic mass is 9.97. The summed E-state index contributed by atoms with van der Waals surface area (Å²) in [5.74, 6) is -1.05. The second-order valence-electron chi connectivity index (χ2n) is 7.28. The molecule has 0 aliphatic rings. The van der Waals surface area contributed by atoms with E-state index in [1.165, 1.54) is 0 Å². The van der Waals surface area contributed by atoms with E-state index in [1.807, 2.05) is 55.5 Å². The van der Waals surface area contributed by atoms with Gasteiger partial charge in [-0.25, -0.2) is 4.79 Å². The first-order chi connectivity index (χ1) is 15.5. The number of pyridine rings is 1. The van der Waals surface area contributed by atoms with E-state index in [0.29, 0.717) is 11.3 Å². The van der Waals surface area contributed by atoms with Crippen LogP contribution < -0.4 is 11.1 Å². The second kappa shape index (κ2) is 11.0. The highest BCUT2D eigenvalue weighted by atomic mass is 16.5. The third-order valence-corrected chi connectivity index (χ3v) is 5.11. The average molecular weight is 430 g/mol. The number of anilines is 1. The van der Waals surface area contributed by atoms with E-state index < -0.39 is 5.92 Å². The normalized spacial score (nSPS) is 12.7. The van der Waals surface area contributed by atoms with Crippen LogP contribution in [0.25, 0.3) is 10.8 Å². The van der Waals surface area contributed by atoms with Gasteiger partial charge >= 0.3 is 5.97 Å². The van der Waals surface area contributed by atoms with Gasteiger partial charge in [-0.15, -0.1) is 0 Å². The Morgan fingerprint density at radius 2 is 1.88 bits per heavy atom. The molecule has 0 aliphatic heterocycles. The number of nitrogens with zero attached hydrogens (tertiary/aromatic N) is 1. The molecule has 3 N–H and O–H groups in total. The average Bonchev–Trinajstić information content (AvgIpc) is 2.82. The zero-order valence-electron chi connectivity index (χ0n) is 18.2. The fourth-order valence-electron chi connectivity index (χ4n) is 3.33. The van der Waals surface area contributed by atoms with Crippen molar-refractivity contribution >= 4 is 28.3 Å². The Morgan fingerprint density at radius 1 is 1.09 bits per heavy atom. The van der Waals surface area contributed by atoms with Crippen molar-refractivity contribution in [2.75, 3.05) is 11.9 Å². The van der Waals surface area contributed by atoms with Gasteiger partial charge in [0.05, 0.1) is 11.5 Å². The quantitative estimate of drug-likeness (QED) is 0.313. The standard InChI is InChI=1S/C26H27N3O3/c1-3-5-19(4-2)26(31)32-17-18-6-8-20(9-7-18)24(15-27)25(30)29-23-11-10-22-16-28-13-12-21(22)14-23/h3-14,16,24H,15,17,27H2,1-2H3,(H,29,30)/b5-3-,19-4+/t24-/m0/s1. The molecule has 1 heterocycles. The predicted molar refractivity (Wildman–Crippen MR) is 127 cm³/mol. The van der Waals surface area contributed by atoms with Gasteiger partial charge in [-0.3, -0.25) is 9.78 Å². The highest BCUT2D eigenvalue weighted by Crippen LogP contribution is 2.22. The van der Waals surface area contributed by atoms with Crippen molar-refractivity contribution < 1.29 is 14.3 Å². The molecule has 0 saturated heterocycles. The van der Waals surface area contributed by atoms with Gasteiger partial charge in [-0.05, 0) is 48.6 Å². The number of ether oxygens (including phenoxy) is 1. The maximum absolute atomic E-state index is 12.9. The van der Waals surface area contributed by atoms with Crippen LogP contribution >= 0.6 is 0 Å². The zero-order valence-corrected chi connectivity index (χ0v) is 18.2. The molecule has 3 rings (SSSR count). The molecule has 6 heteroatoms. The van der Waals surface area contributed by atoms with Crippen molar-refractivity contribution in [3.8, 4) is 0 Å². The van der Waals surface area contributed by atoms with Crippen LogP contribution in [0.15, 0.2) is 84.7 Å². The minimum atomic E-state index is -0.496. The Hall–Kier alpha value is -3.77. The van der Waals surface area contributed by atoms with Crippen molar-refractivity contribution in [2.45, 2.75) is 26.4 Å². The number of hydrogen-bond acceptors (Lipinski definition) is 5. The molecular weight excluding hydrogens is 402 g/mol. The van der Waals surface area contributed by atoms with E-state index in [9.17, 15) is 9.59 Å². The van der Waals surface area contributed by atoms with Crippen LogP contribution in [0, 0.1) is 0 Å². The summed E-state index contributed by atoms with van der Waals surface area (Å²) in [6.45, 7) is 3.96. The number of benzene rings is 2. The number of carbonyl (C=O) groups is 2. The molecule has 2 aromatic carbocycles. The first-order valence-electron chi connectivity index (χ1n) is 10.5. The molecule has 0 aliphatic carbocycles. The van der Waals surface area contributed by atoms with Crippen molar-refractivity contribution in [3.63, 3.8) is 0 Å². The van der Waals surface area contributed by atoms with Gasteiger partial charge in [0, 0.05) is 30.0 Å². The number of hydrogen-bond donors (Lipinski definition) is 2. The molecular formula is C26H27N3O3. The minimum absolute atomic E-state index is 0.152. The first-order valence-corrected chi connectivity index (χ1v) is 10.5. The molecule has 0 unspecified atom stereocenters. The summed E-state index contributed by atoms with van der Waals surface area (Å²) in [4.78, 5) is 29.1. The number of allylic oxidation sites excluding steroid dienone is 2. The summed E-state index contributed by atoms with van der Waals surface area (Å²) in [5, 5.41) is 4.95. The largest absolute Gasteiger partial charge is 0.457 e. The SMILES string of the molecule is C/C=C\C(=C/C)C(=O)OCc1ccc([C@H](CN)C(=O)Nc2ccc3cnccc3c2)cc1. The molecule has 32 heavy (non-hydrogen) atoms. The molecule has 1 aromatic heterocycles. The molecule has 1 atom stereocenters. The Balaban J connectivity index is 1.65.